The number of hydrogen-bond acceptors (Lipinski definition) is 19. The van der Waals surface area contributed by atoms with Crippen LogP contribution in [0.1, 0.15) is 114 Å². The topological polar surface area (TPSA) is 499 Å². The number of benzene rings is 5. The Balaban J connectivity index is 1.02. The molecule has 6 aromatic rings. The van der Waals surface area contributed by atoms with Gasteiger partial charge in [0.25, 0.3) is 0 Å². The number of unbranched alkanes of at least 4 members (excludes halogenated alkanes) is 1. The molecule has 9 rings (SSSR count). The molecule has 17 amide bonds. The first-order chi connectivity index (χ1) is 58.3. The first-order valence-corrected chi connectivity index (χ1v) is 41.2. The van der Waals surface area contributed by atoms with Crippen LogP contribution < -0.4 is 80.2 Å². The third-order valence-corrected chi connectivity index (χ3v) is 21.0. The number of nitrogens with two attached hydrogens (primary N) is 1. The van der Waals surface area contributed by atoms with Gasteiger partial charge in [-0.3, -0.25) is 72.6 Å². The largest absolute Gasteiger partial charge is 0.394 e. The van der Waals surface area contributed by atoms with Crippen LogP contribution in [0, 0.1) is 5.92 Å². The molecule has 0 spiro atoms. The van der Waals surface area contributed by atoms with Crippen molar-refractivity contribution < 1.29 is 81.8 Å². The number of amides is 17. The zero-order valence-electron chi connectivity index (χ0n) is 69.0. The number of carbonyl (C=O) groups excluding carboxylic acids is 15. The number of morpholine rings is 1. The number of nitrogens with one attached hydrogen (secondary N) is 14. The monoisotopic (exact) mass is 1700 g/mol. The van der Waals surface area contributed by atoms with Crippen LogP contribution in [0.5, 0.6) is 0 Å². The molecule has 0 bridgehead atoms. The molecule has 122 heavy (non-hydrogen) atoms. The summed E-state index contributed by atoms with van der Waals surface area (Å²) in [5.74, 6) is -10.9. The molecule has 652 valence electrons. The first-order valence-electron chi connectivity index (χ1n) is 40.8. The van der Waals surface area contributed by atoms with E-state index in [0.29, 0.717) is 90.6 Å². The van der Waals surface area contributed by atoms with Crippen molar-refractivity contribution in [1.82, 2.24) is 78.6 Å². The normalized spacial score (nSPS) is 16.7. The summed E-state index contributed by atoms with van der Waals surface area (Å²) in [6.07, 6.45) is 3.08. The fourth-order valence-corrected chi connectivity index (χ4v) is 14.3. The van der Waals surface area contributed by atoms with E-state index in [4.69, 9.17) is 22.1 Å². The van der Waals surface area contributed by atoms with Gasteiger partial charge in [0.05, 0.1) is 26.2 Å². The van der Waals surface area contributed by atoms with Gasteiger partial charge in [0.1, 0.15) is 66.5 Å². The molecular weight excluding hydrogens is 1590 g/mol. The van der Waals surface area contributed by atoms with Crippen LogP contribution in [0.4, 0.5) is 21.0 Å². The number of aromatic nitrogens is 1. The van der Waals surface area contributed by atoms with Crippen LogP contribution in [0.2, 0.25) is 5.02 Å². The first kappa shape index (κ1) is 93.4. The van der Waals surface area contributed by atoms with Crippen LogP contribution in [-0.2, 0) is 99.2 Å². The molecule has 36 heteroatoms. The summed E-state index contributed by atoms with van der Waals surface area (Å²) >= 11 is 6.28. The standard InChI is InChI=1S/C86H109ClN18O17/c1-49(2)39-64(76(111)95-63(16-9-10-33-90-50(3)4)84(119)105-34-12-17-72(105)83(118)91-51(5)74(88)109)96-78(113)67(42-55-23-30-62(31-24-55)94-86(121)104-35-37-122-38-36-104)98-80(115)68(43-54-21-28-61(29-22-54)93-75(110)70-46-73(108)103-85(120)102-70)100-82(117)71(48-106)101-81(116)69(45-57-13-11-32-89-47-57)99-79(114)66(41-53-19-26-60(87)27-20-53)97-77(112)65(92-52(6)107)44-56-18-25-58-14-7-8-15-59(58)40-56/h7-8,11,13-15,18-32,40,47,49-51,63-72,90,106H,9-10,12,16-17,33-39,41-46,48H2,1-6H3,(H2,88,109)(H,91,118)(H,92,107)(H,93,110)(H,94,121)(H,95,111)(H,96,113)(H,97,112)(H,98,115)(H,99,114)(H,100,117)(H,101,116)(H2,102,103,108,120)/t51-,63+,64+,65-,66-,67-,68+,69-,70?,71+,72+/m1/s1. The van der Waals surface area contributed by atoms with Crippen molar-refractivity contribution in [2.24, 2.45) is 11.7 Å². The summed E-state index contributed by atoms with van der Waals surface area (Å²) in [4.78, 5) is 217. The minimum absolute atomic E-state index is 0.00475. The number of imide groups is 1. The van der Waals surface area contributed by atoms with E-state index in [2.05, 4.69) is 79.4 Å². The Kier molecular flexibility index (Phi) is 35.1. The Morgan fingerprint density at radius 2 is 1.05 bits per heavy atom. The molecule has 0 radical (unpaired) electrons. The zero-order chi connectivity index (χ0) is 88.1. The third kappa shape index (κ3) is 28.9. The second-order valence-electron chi connectivity index (χ2n) is 31.3. The highest BCUT2D eigenvalue weighted by Gasteiger charge is 2.41. The number of pyridine rings is 1. The summed E-state index contributed by atoms with van der Waals surface area (Å²) < 4.78 is 5.42. The van der Waals surface area contributed by atoms with Crippen molar-refractivity contribution in [2.45, 2.75) is 191 Å². The molecule has 4 heterocycles. The summed E-state index contributed by atoms with van der Waals surface area (Å²) in [7, 11) is 0. The number of anilines is 2. The molecule has 17 N–H and O–H groups in total. The number of aliphatic hydroxyl groups is 1. The van der Waals surface area contributed by atoms with Crippen LogP contribution in [0.3, 0.4) is 0 Å². The molecule has 3 saturated heterocycles. The molecule has 3 aliphatic heterocycles. The SMILES string of the molecule is CC(=O)N[C@H](Cc1ccc2ccccc2c1)C(=O)N[C@H](Cc1ccc(Cl)cc1)C(=O)N[C@H](Cc1cccnc1)C(=O)N[C@@H](CO)C(=O)N[C@@H](Cc1ccc(NC(=O)C2CC(=O)NC(=O)N2)cc1)C(=O)N[C@H](Cc1ccc(NC(=O)N2CCOCC2)cc1)C(=O)N[C@@H](CC(C)C)C(=O)N[C@@H](CCCCNC(C)C)C(=O)N1CCC[C@H]1C(=O)N[C@H](C)C(N)=O. The fourth-order valence-electron chi connectivity index (χ4n) is 14.2. The summed E-state index contributed by atoms with van der Waals surface area (Å²) in [6.45, 7) is 11.2. The number of nitrogens with zero attached hydrogens (tertiary/aromatic N) is 3. The van der Waals surface area contributed by atoms with Crippen LogP contribution >= 0.6 is 11.6 Å². The van der Waals surface area contributed by atoms with Crippen LogP contribution in [0.15, 0.2) is 140 Å². The van der Waals surface area contributed by atoms with Gasteiger partial charge in [-0.2, -0.15) is 0 Å². The summed E-state index contributed by atoms with van der Waals surface area (Å²) in [6, 6.07) is 18.2. The number of urea groups is 2. The van der Waals surface area contributed by atoms with Gasteiger partial charge in [-0.1, -0.05) is 124 Å². The number of hydrogen-bond donors (Lipinski definition) is 16. The molecule has 1 unspecified atom stereocenters. The smallest absolute Gasteiger partial charge is 0.322 e. The lowest BCUT2D eigenvalue weighted by molar-refractivity contribution is -0.142. The molecule has 3 aliphatic rings. The Hall–Kier alpha value is -12.5. The number of fused-ring (bicyclic) bond motifs is 1. The molecule has 3 fully saturated rings. The van der Waals surface area contributed by atoms with Gasteiger partial charge >= 0.3 is 12.1 Å². The van der Waals surface area contributed by atoms with E-state index in [-0.39, 0.29) is 75.6 Å². The molecule has 0 saturated carbocycles. The van der Waals surface area contributed by atoms with E-state index in [0.717, 1.165) is 10.8 Å². The Labute approximate surface area is 711 Å². The second-order valence-corrected chi connectivity index (χ2v) is 31.7. The Morgan fingerprint density at radius 3 is 1.58 bits per heavy atom. The zero-order valence-corrected chi connectivity index (χ0v) is 69.8. The number of halogens is 1. The van der Waals surface area contributed by atoms with Crippen molar-refractivity contribution in [3.05, 3.63) is 173 Å². The van der Waals surface area contributed by atoms with Gasteiger partial charge in [0.15, 0.2) is 0 Å². The molecule has 1 aromatic heterocycles. The predicted octanol–water partition coefficient (Wildman–Crippen LogP) is 1.89. The Morgan fingerprint density at radius 1 is 0.549 bits per heavy atom. The molecule has 35 nitrogen and oxygen atoms in total. The molecule has 5 aromatic carbocycles. The Bertz CT molecular complexity index is 4680. The maximum atomic E-state index is 15.6. The van der Waals surface area contributed by atoms with Gasteiger partial charge in [0.2, 0.25) is 76.8 Å². The maximum Gasteiger partial charge on any atom is 0.322 e. The highest BCUT2D eigenvalue weighted by Crippen LogP contribution is 2.24. The number of ether oxygens (including phenoxy) is 1. The number of primary amides is 1. The number of carbonyl (C=O) groups is 15. The van der Waals surface area contributed by atoms with Gasteiger partial charge in [-0.15, -0.1) is 0 Å². The van der Waals surface area contributed by atoms with E-state index < -0.39 is 168 Å². The second kappa shape index (κ2) is 45.8. The average Bonchev–Trinajstić information content (AvgIpc) is 1.56. The summed E-state index contributed by atoms with van der Waals surface area (Å²) in [5, 5.41) is 51.1. The van der Waals surface area contributed by atoms with Gasteiger partial charge in [0, 0.05) is 93.5 Å². The van der Waals surface area contributed by atoms with Crippen molar-refractivity contribution in [2.75, 3.05) is 56.6 Å². The van der Waals surface area contributed by atoms with E-state index in [1.165, 1.54) is 55.4 Å². The van der Waals surface area contributed by atoms with Crippen molar-refractivity contribution in [1.29, 1.82) is 0 Å². The van der Waals surface area contributed by atoms with E-state index in [1.807, 2.05) is 56.3 Å². The quantitative estimate of drug-likeness (QED) is 0.0244. The lowest BCUT2D eigenvalue weighted by Gasteiger charge is -2.31. The minimum atomic E-state index is -1.92. The van der Waals surface area contributed by atoms with Crippen molar-refractivity contribution in [3.63, 3.8) is 0 Å². The molecule has 0 aliphatic carbocycles. The van der Waals surface area contributed by atoms with Crippen molar-refractivity contribution in [3.8, 4) is 0 Å². The lowest BCUT2D eigenvalue weighted by atomic mass is 9.99. The fraction of sp³-hybridized carbons (Fsp3) is 0.442. The lowest BCUT2D eigenvalue weighted by Crippen LogP contribution is -2.62. The van der Waals surface area contributed by atoms with Gasteiger partial charge in [-0.25, -0.2) is 9.59 Å². The number of rotatable bonds is 41. The molecular formula is C86H109ClN18O17. The van der Waals surface area contributed by atoms with Crippen LogP contribution in [-0.4, -0.2) is 227 Å². The van der Waals surface area contributed by atoms with Gasteiger partial charge < -0.3 is 94.5 Å². The third-order valence-electron chi connectivity index (χ3n) is 20.7. The van der Waals surface area contributed by atoms with E-state index in [1.54, 1.807) is 79.4 Å². The maximum absolute atomic E-state index is 15.6. The highest BCUT2D eigenvalue weighted by molar-refractivity contribution is 6.30. The van der Waals surface area contributed by atoms with Gasteiger partial charge in [-0.05, 0) is 139 Å². The van der Waals surface area contributed by atoms with Crippen LogP contribution in [0.25, 0.3) is 10.8 Å². The van der Waals surface area contributed by atoms with E-state index in [9.17, 15) is 48.3 Å². The van der Waals surface area contributed by atoms with Crippen molar-refractivity contribution >= 4 is 123 Å². The number of likely N-dealkylation sites (tertiary alicyclic amines) is 1. The predicted molar refractivity (Wildman–Crippen MR) is 452 cm³/mol. The highest BCUT2D eigenvalue weighted by atomic mass is 35.5. The minimum Gasteiger partial charge on any atom is -0.394 e. The number of aliphatic hydroxyl groups excluding tert-OH is 1. The summed E-state index contributed by atoms with van der Waals surface area (Å²) in [5.41, 5.74) is 8.32. The molecule has 11 atom stereocenters. The average molecular weight is 1700 g/mol. The van der Waals surface area contributed by atoms with E-state index >= 15 is 28.8 Å².